The van der Waals surface area contributed by atoms with Gasteiger partial charge in [0, 0.05) is 12.0 Å². The summed E-state index contributed by atoms with van der Waals surface area (Å²) in [4.78, 5) is 2.34. The first kappa shape index (κ1) is 16.0. The first-order valence-corrected chi connectivity index (χ1v) is 8.52. The van der Waals surface area contributed by atoms with Crippen molar-refractivity contribution in [3.8, 4) is 0 Å². The molecule has 1 aromatic carbocycles. The Morgan fingerprint density at radius 3 is 2.59 bits per heavy atom. The van der Waals surface area contributed by atoms with E-state index in [0.29, 0.717) is 6.42 Å². The summed E-state index contributed by atoms with van der Waals surface area (Å²) in [5.41, 5.74) is 2.52. The van der Waals surface area contributed by atoms with E-state index in [9.17, 15) is 10.2 Å². The van der Waals surface area contributed by atoms with Crippen LogP contribution in [0.4, 0.5) is 0 Å². The van der Waals surface area contributed by atoms with Gasteiger partial charge in [-0.05, 0) is 69.8 Å². The molecule has 1 aromatic rings. The molecule has 3 nitrogen and oxygen atoms in total. The second-order valence-electron chi connectivity index (χ2n) is 7.72. The highest BCUT2D eigenvalue weighted by Crippen LogP contribution is 2.57. The molecule has 2 N–H and O–H groups in total. The molecule has 122 valence electrons. The quantitative estimate of drug-likeness (QED) is 0.901. The molecular weight excluding hydrogens is 274 g/mol. The molecule has 3 heteroatoms. The molecule has 1 fully saturated rings. The zero-order chi connectivity index (χ0) is 16.0. The van der Waals surface area contributed by atoms with E-state index < -0.39 is 5.60 Å². The lowest BCUT2D eigenvalue weighted by molar-refractivity contribution is -0.135. The number of rotatable bonds is 3. The Hall–Kier alpha value is -0.900. The van der Waals surface area contributed by atoms with Gasteiger partial charge in [0.2, 0.25) is 0 Å². The van der Waals surface area contributed by atoms with E-state index in [4.69, 9.17) is 0 Å². The minimum Gasteiger partial charge on any atom is -0.396 e. The lowest BCUT2D eigenvalue weighted by atomic mass is 9.63. The number of aryl methyl sites for hydroxylation is 1. The number of aliphatic hydroxyl groups excluding tert-OH is 1. The van der Waals surface area contributed by atoms with Crippen LogP contribution in [0.15, 0.2) is 18.2 Å². The zero-order valence-electron chi connectivity index (χ0n) is 14.1. The number of aliphatic hydroxyl groups is 2. The number of nitrogens with zero attached hydrogens (tertiary/aromatic N) is 1. The number of fused-ring (bicyclic) bond motifs is 1. The van der Waals surface area contributed by atoms with Crippen LogP contribution in [-0.2, 0) is 12.0 Å². The van der Waals surface area contributed by atoms with E-state index in [1.165, 1.54) is 11.1 Å². The minimum absolute atomic E-state index is 0.137. The standard InChI is InChI=1S/C19H29NO2/c1-14-4-5-15-13-18(2,8-11-21)19(22,17(15)12-14)16-6-9-20(3)10-7-16/h4-5,12,16,21-22H,6-11,13H2,1-3H3. The fraction of sp³-hybridized carbons (Fsp3) is 0.684. The monoisotopic (exact) mass is 303 g/mol. The van der Waals surface area contributed by atoms with Gasteiger partial charge in [0.1, 0.15) is 0 Å². The molecule has 22 heavy (non-hydrogen) atoms. The van der Waals surface area contributed by atoms with E-state index in [1.807, 2.05) is 0 Å². The van der Waals surface area contributed by atoms with Crippen molar-refractivity contribution in [1.82, 2.24) is 4.90 Å². The average molecular weight is 303 g/mol. The third kappa shape index (κ3) is 2.31. The lowest BCUT2D eigenvalue weighted by Crippen LogP contribution is -2.50. The third-order valence-corrected chi connectivity index (χ3v) is 6.15. The molecule has 2 atom stereocenters. The van der Waals surface area contributed by atoms with Gasteiger partial charge in [-0.25, -0.2) is 0 Å². The highest BCUT2D eigenvalue weighted by molar-refractivity contribution is 5.44. The van der Waals surface area contributed by atoms with E-state index >= 15 is 0 Å². The van der Waals surface area contributed by atoms with Gasteiger partial charge in [-0.15, -0.1) is 0 Å². The van der Waals surface area contributed by atoms with Crippen LogP contribution in [0.3, 0.4) is 0 Å². The summed E-state index contributed by atoms with van der Waals surface area (Å²) in [6.45, 7) is 6.49. The van der Waals surface area contributed by atoms with Gasteiger partial charge < -0.3 is 15.1 Å². The molecule has 0 aromatic heterocycles. The Kier molecular flexibility index (Phi) is 4.09. The number of piperidine rings is 1. The molecule has 0 amide bonds. The van der Waals surface area contributed by atoms with E-state index in [-0.39, 0.29) is 17.9 Å². The van der Waals surface area contributed by atoms with Gasteiger partial charge in [-0.2, -0.15) is 0 Å². The smallest absolute Gasteiger partial charge is 0.0985 e. The summed E-state index contributed by atoms with van der Waals surface area (Å²) in [6, 6.07) is 6.49. The van der Waals surface area contributed by atoms with Gasteiger partial charge in [0.25, 0.3) is 0 Å². The Labute approximate surface area is 134 Å². The van der Waals surface area contributed by atoms with Gasteiger partial charge in [-0.3, -0.25) is 0 Å². The van der Waals surface area contributed by atoms with Crippen LogP contribution >= 0.6 is 0 Å². The molecule has 2 unspecified atom stereocenters. The van der Waals surface area contributed by atoms with Crippen molar-refractivity contribution >= 4 is 0 Å². The lowest BCUT2D eigenvalue weighted by Gasteiger charge is -2.48. The molecule has 3 rings (SSSR count). The summed E-state index contributed by atoms with van der Waals surface area (Å²) >= 11 is 0. The first-order chi connectivity index (χ1) is 10.4. The molecule has 0 bridgehead atoms. The Bertz CT molecular complexity index is 550. The fourth-order valence-corrected chi connectivity index (χ4v) is 4.74. The maximum atomic E-state index is 11.9. The summed E-state index contributed by atoms with van der Waals surface area (Å²) in [7, 11) is 2.15. The summed E-state index contributed by atoms with van der Waals surface area (Å²) in [6.07, 6.45) is 3.58. The number of likely N-dealkylation sites (tertiary alicyclic amines) is 1. The molecule has 0 radical (unpaired) electrons. The average Bonchev–Trinajstić information content (AvgIpc) is 2.70. The van der Waals surface area contributed by atoms with Crippen molar-refractivity contribution in [3.63, 3.8) is 0 Å². The van der Waals surface area contributed by atoms with Gasteiger partial charge in [-0.1, -0.05) is 30.7 Å². The summed E-state index contributed by atoms with van der Waals surface area (Å²) < 4.78 is 0. The first-order valence-electron chi connectivity index (χ1n) is 8.52. The van der Waals surface area contributed by atoms with E-state index in [2.05, 4.69) is 44.0 Å². The SMILES string of the molecule is Cc1ccc2c(c1)C(O)(C1CCN(C)CC1)C(C)(CCO)C2. The largest absolute Gasteiger partial charge is 0.396 e. The topological polar surface area (TPSA) is 43.7 Å². The normalized spacial score (nSPS) is 33.1. The van der Waals surface area contributed by atoms with Crippen molar-refractivity contribution in [3.05, 3.63) is 34.9 Å². The molecule has 0 spiro atoms. The Morgan fingerprint density at radius 1 is 1.27 bits per heavy atom. The predicted octanol–water partition coefficient (Wildman–Crippen LogP) is 2.47. The van der Waals surface area contributed by atoms with Crippen LogP contribution in [0.2, 0.25) is 0 Å². The second-order valence-corrected chi connectivity index (χ2v) is 7.72. The maximum absolute atomic E-state index is 11.9. The van der Waals surface area contributed by atoms with Gasteiger partial charge in [0.15, 0.2) is 0 Å². The van der Waals surface area contributed by atoms with Crippen LogP contribution in [-0.4, -0.2) is 41.9 Å². The molecule has 2 aliphatic rings. The summed E-state index contributed by atoms with van der Waals surface area (Å²) in [5.74, 6) is 0.281. The fourth-order valence-electron chi connectivity index (χ4n) is 4.74. The van der Waals surface area contributed by atoms with Crippen LogP contribution in [0.1, 0.15) is 42.9 Å². The zero-order valence-corrected chi connectivity index (χ0v) is 14.1. The van der Waals surface area contributed by atoms with Crippen LogP contribution in [0, 0.1) is 18.3 Å². The highest BCUT2D eigenvalue weighted by Gasteiger charge is 2.57. The highest BCUT2D eigenvalue weighted by atomic mass is 16.3. The van der Waals surface area contributed by atoms with Crippen molar-refractivity contribution < 1.29 is 10.2 Å². The number of hydrogen-bond acceptors (Lipinski definition) is 3. The predicted molar refractivity (Wildman–Crippen MR) is 88.8 cm³/mol. The summed E-state index contributed by atoms with van der Waals surface area (Å²) in [5, 5.41) is 21.5. The van der Waals surface area contributed by atoms with Crippen LogP contribution in [0.5, 0.6) is 0 Å². The number of hydrogen-bond donors (Lipinski definition) is 2. The van der Waals surface area contributed by atoms with Gasteiger partial charge in [0.05, 0.1) is 5.60 Å². The molecule has 1 aliphatic carbocycles. The maximum Gasteiger partial charge on any atom is 0.0985 e. The Morgan fingerprint density at radius 2 is 1.95 bits per heavy atom. The Balaban J connectivity index is 2.05. The van der Waals surface area contributed by atoms with Crippen molar-refractivity contribution in [2.45, 2.75) is 45.1 Å². The van der Waals surface area contributed by atoms with E-state index in [1.54, 1.807) is 0 Å². The van der Waals surface area contributed by atoms with Crippen molar-refractivity contribution in [2.24, 2.45) is 11.3 Å². The molecule has 1 saturated heterocycles. The van der Waals surface area contributed by atoms with Crippen LogP contribution in [0.25, 0.3) is 0 Å². The molecule has 1 heterocycles. The molecule has 1 aliphatic heterocycles. The number of benzene rings is 1. The minimum atomic E-state index is -0.807. The second kappa shape index (κ2) is 5.63. The molecule has 0 saturated carbocycles. The van der Waals surface area contributed by atoms with Crippen molar-refractivity contribution in [1.29, 1.82) is 0 Å². The molecular formula is C19H29NO2. The van der Waals surface area contributed by atoms with Gasteiger partial charge >= 0.3 is 0 Å². The van der Waals surface area contributed by atoms with Crippen LogP contribution < -0.4 is 0 Å². The van der Waals surface area contributed by atoms with E-state index in [0.717, 1.165) is 37.9 Å². The third-order valence-electron chi connectivity index (χ3n) is 6.15. The van der Waals surface area contributed by atoms with Crippen molar-refractivity contribution in [2.75, 3.05) is 26.7 Å².